The summed E-state index contributed by atoms with van der Waals surface area (Å²) < 4.78 is 0. The molecule has 31 heavy (non-hydrogen) atoms. The lowest BCUT2D eigenvalue weighted by molar-refractivity contribution is -0.120. The first kappa shape index (κ1) is 22.5. The Morgan fingerprint density at radius 3 is 2.26 bits per heavy atom. The molecule has 0 radical (unpaired) electrons. The third-order valence-corrected chi connectivity index (χ3v) is 5.37. The first-order valence-electron chi connectivity index (χ1n) is 11.0. The van der Waals surface area contributed by atoms with Gasteiger partial charge in [-0.05, 0) is 42.4 Å². The Hall–Kier alpha value is -3.18. The molecule has 2 aromatic carbocycles. The molecule has 0 bridgehead atoms. The van der Waals surface area contributed by atoms with Crippen LogP contribution in [0, 0.1) is 0 Å². The maximum atomic E-state index is 12.2. The fraction of sp³-hybridized carbons (Fsp3) is 0.308. The van der Waals surface area contributed by atoms with E-state index < -0.39 is 0 Å². The highest BCUT2D eigenvalue weighted by atomic mass is 16.1. The minimum Gasteiger partial charge on any atom is -0.384 e. The molecule has 0 spiro atoms. The first-order chi connectivity index (χ1) is 15.2. The van der Waals surface area contributed by atoms with Crippen LogP contribution in [0.4, 0.5) is 5.69 Å². The van der Waals surface area contributed by atoms with E-state index in [0.29, 0.717) is 6.54 Å². The Labute approximate surface area is 185 Å². The lowest BCUT2D eigenvalue weighted by Gasteiger charge is -2.18. The minimum absolute atomic E-state index is 0.0238. The predicted octanol–water partition coefficient (Wildman–Crippen LogP) is 4.36. The number of rotatable bonds is 11. The van der Waals surface area contributed by atoms with Crippen LogP contribution in [0.2, 0.25) is 0 Å². The molecule has 1 amide bonds. The number of pyridine rings is 1. The van der Waals surface area contributed by atoms with Gasteiger partial charge in [0, 0.05) is 42.8 Å². The van der Waals surface area contributed by atoms with Gasteiger partial charge in [-0.25, -0.2) is 0 Å². The Bertz CT molecular complexity index is 920. The number of hydrogen-bond donors (Lipinski definition) is 2. The molecule has 0 aliphatic carbocycles. The van der Waals surface area contributed by atoms with E-state index in [1.165, 1.54) is 0 Å². The van der Waals surface area contributed by atoms with Gasteiger partial charge in [0.2, 0.25) is 5.91 Å². The van der Waals surface area contributed by atoms with E-state index in [1.807, 2.05) is 48.7 Å². The van der Waals surface area contributed by atoms with Crippen molar-refractivity contribution in [2.45, 2.75) is 26.8 Å². The molecule has 1 heterocycles. The number of nitrogens with one attached hydrogen (secondary N) is 2. The number of benzene rings is 2. The summed E-state index contributed by atoms with van der Waals surface area (Å²) in [7, 11) is 0. The molecule has 1 aromatic heterocycles. The summed E-state index contributed by atoms with van der Waals surface area (Å²) in [6, 6.07) is 22.3. The summed E-state index contributed by atoms with van der Waals surface area (Å²) >= 11 is 0. The van der Waals surface area contributed by atoms with Crippen LogP contribution in [-0.2, 0) is 17.8 Å². The molecule has 3 rings (SSSR count). The van der Waals surface area contributed by atoms with E-state index in [-0.39, 0.29) is 12.3 Å². The molecule has 3 aromatic rings. The Balaban J connectivity index is 1.48. The van der Waals surface area contributed by atoms with E-state index in [1.54, 1.807) is 0 Å². The summed E-state index contributed by atoms with van der Waals surface area (Å²) in [5.74, 6) is -0.0238. The average Bonchev–Trinajstić information content (AvgIpc) is 2.82. The molecule has 5 heteroatoms. The number of hydrogen-bond acceptors (Lipinski definition) is 4. The van der Waals surface area contributed by atoms with Crippen LogP contribution in [-0.4, -0.2) is 42.0 Å². The summed E-state index contributed by atoms with van der Waals surface area (Å²) in [5, 5.41) is 6.42. The maximum Gasteiger partial charge on any atom is 0.226 e. The van der Waals surface area contributed by atoms with Gasteiger partial charge in [-0.3, -0.25) is 9.78 Å². The second kappa shape index (κ2) is 11.9. The summed E-state index contributed by atoms with van der Waals surface area (Å²) in [5.41, 5.74) is 5.13. The van der Waals surface area contributed by atoms with Crippen LogP contribution in [0.15, 0.2) is 72.9 Å². The van der Waals surface area contributed by atoms with E-state index in [4.69, 9.17) is 0 Å². The van der Waals surface area contributed by atoms with E-state index in [0.717, 1.165) is 54.3 Å². The van der Waals surface area contributed by atoms with Crippen molar-refractivity contribution in [1.29, 1.82) is 0 Å². The van der Waals surface area contributed by atoms with Gasteiger partial charge < -0.3 is 15.5 Å². The van der Waals surface area contributed by atoms with Crippen molar-refractivity contribution in [3.8, 4) is 11.1 Å². The van der Waals surface area contributed by atoms with Gasteiger partial charge in [-0.2, -0.15) is 0 Å². The number of aromatic nitrogens is 1. The zero-order chi connectivity index (χ0) is 21.9. The van der Waals surface area contributed by atoms with Gasteiger partial charge >= 0.3 is 0 Å². The molecule has 0 saturated heterocycles. The van der Waals surface area contributed by atoms with Gasteiger partial charge in [-0.15, -0.1) is 0 Å². The normalized spacial score (nSPS) is 10.8. The highest BCUT2D eigenvalue weighted by Gasteiger charge is 2.06. The second-order valence-electron chi connectivity index (χ2n) is 7.51. The van der Waals surface area contributed by atoms with Crippen LogP contribution in [0.3, 0.4) is 0 Å². The third-order valence-electron chi connectivity index (χ3n) is 5.37. The Morgan fingerprint density at radius 2 is 1.61 bits per heavy atom. The maximum absolute atomic E-state index is 12.2. The van der Waals surface area contributed by atoms with E-state index >= 15 is 0 Å². The van der Waals surface area contributed by atoms with Crippen LogP contribution in [0.5, 0.6) is 0 Å². The fourth-order valence-corrected chi connectivity index (χ4v) is 3.40. The molecule has 0 fully saturated rings. The zero-order valence-corrected chi connectivity index (χ0v) is 18.5. The fourth-order valence-electron chi connectivity index (χ4n) is 3.40. The van der Waals surface area contributed by atoms with Crippen LogP contribution >= 0.6 is 0 Å². The predicted molar refractivity (Wildman–Crippen MR) is 128 cm³/mol. The zero-order valence-electron chi connectivity index (χ0n) is 18.5. The molecule has 0 unspecified atom stereocenters. The number of nitrogens with zero attached hydrogens (tertiary/aromatic N) is 2. The van der Waals surface area contributed by atoms with Crippen molar-refractivity contribution < 1.29 is 4.79 Å². The van der Waals surface area contributed by atoms with Crippen LogP contribution in [0.25, 0.3) is 11.1 Å². The molecular formula is C26H32N4O. The number of amides is 1. The van der Waals surface area contributed by atoms with Crippen molar-refractivity contribution in [1.82, 2.24) is 15.2 Å². The Morgan fingerprint density at radius 1 is 0.903 bits per heavy atom. The van der Waals surface area contributed by atoms with Gasteiger partial charge in [0.05, 0.1) is 6.42 Å². The minimum atomic E-state index is -0.0238. The molecule has 162 valence electrons. The first-order valence-corrected chi connectivity index (χ1v) is 11.0. The van der Waals surface area contributed by atoms with Crippen molar-refractivity contribution >= 4 is 11.6 Å². The van der Waals surface area contributed by atoms with Crippen LogP contribution < -0.4 is 10.6 Å². The largest absolute Gasteiger partial charge is 0.384 e. The summed E-state index contributed by atoms with van der Waals surface area (Å²) in [4.78, 5) is 19.1. The third kappa shape index (κ3) is 7.23. The average molecular weight is 417 g/mol. The molecule has 0 atom stereocenters. The Kier molecular flexibility index (Phi) is 8.61. The SMILES string of the molecule is CCN(CC)CCNc1ccc(-c2ccc(CC(=O)NCc3ccccc3)nc2)cc1. The highest BCUT2D eigenvalue weighted by Crippen LogP contribution is 2.21. The van der Waals surface area contributed by atoms with Gasteiger partial charge in [-0.1, -0.05) is 62.4 Å². The topological polar surface area (TPSA) is 57.3 Å². The van der Waals surface area contributed by atoms with E-state index in [9.17, 15) is 4.79 Å². The molecular weight excluding hydrogens is 384 g/mol. The molecule has 2 N–H and O–H groups in total. The van der Waals surface area contributed by atoms with Crippen molar-refractivity contribution in [3.05, 3.63) is 84.2 Å². The summed E-state index contributed by atoms with van der Waals surface area (Å²) in [6.45, 7) is 9.04. The lowest BCUT2D eigenvalue weighted by Crippen LogP contribution is -2.28. The van der Waals surface area contributed by atoms with Gasteiger partial charge in [0.25, 0.3) is 0 Å². The van der Waals surface area contributed by atoms with Gasteiger partial charge in [0.1, 0.15) is 0 Å². The quantitative estimate of drug-likeness (QED) is 0.488. The molecule has 0 aliphatic rings. The number of carbonyl (C=O) groups excluding carboxylic acids is 1. The standard InChI is InChI=1S/C26H32N4O/c1-3-30(4-2)17-16-27-24-13-10-22(11-14-24)23-12-15-25(28-20-23)18-26(31)29-19-21-8-6-5-7-9-21/h5-15,20,27H,3-4,16-19H2,1-2H3,(H,29,31). The number of likely N-dealkylation sites (N-methyl/N-ethyl adjacent to an activating group) is 1. The summed E-state index contributed by atoms with van der Waals surface area (Å²) in [6.07, 6.45) is 2.12. The molecule has 5 nitrogen and oxygen atoms in total. The smallest absolute Gasteiger partial charge is 0.226 e. The van der Waals surface area contributed by atoms with Crippen LogP contribution in [0.1, 0.15) is 25.1 Å². The van der Waals surface area contributed by atoms with E-state index in [2.05, 4.69) is 58.6 Å². The van der Waals surface area contributed by atoms with Gasteiger partial charge in [0.15, 0.2) is 0 Å². The second-order valence-corrected chi connectivity index (χ2v) is 7.51. The lowest BCUT2D eigenvalue weighted by atomic mass is 10.1. The monoisotopic (exact) mass is 416 g/mol. The molecule has 0 saturated carbocycles. The number of anilines is 1. The molecule has 0 aliphatic heterocycles. The van der Waals surface area contributed by atoms with Crippen molar-refractivity contribution in [2.24, 2.45) is 0 Å². The highest BCUT2D eigenvalue weighted by molar-refractivity contribution is 5.78. The van der Waals surface area contributed by atoms with Crippen molar-refractivity contribution in [3.63, 3.8) is 0 Å². The number of carbonyl (C=O) groups is 1. The van der Waals surface area contributed by atoms with Crippen molar-refractivity contribution in [2.75, 3.05) is 31.5 Å².